The molecule has 1 heterocycles. The number of hydrogen-bond acceptors (Lipinski definition) is 3. The molecule has 3 aromatic carbocycles. The van der Waals surface area contributed by atoms with Crippen LogP contribution in [0.25, 0.3) is 0 Å². The molecule has 0 saturated carbocycles. The zero-order valence-electron chi connectivity index (χ0n) is 17.3. The van der Waals surface area contributed by atoms with E-state index in [-0.39, 0.29) is 17.9 Å². The van der Waals surface area contributed by atoms with Crippen molar-refractivity contribution in [2.45, 2.75) is 30.3 Å². The number of rotatable bonds is 5. The third-order valence-corrected chi connectivity index (χ3v) is 7.35. The number of Topliss-reactive ketones (excluding diaryl/α,β-unsaturated/α-hetero) is 1. The standard InChI is InChI=1S/C24H19F4NO3S/c25-18-9-11-19(12-10-18)33(31,32)29-13-3-4-17-8-7-16(14-22(17)29)15-23(30)20-5-1-2-6-21(20)24(26,27)28/h1-2,5-12,14H,3-4,13,15H2. The number of aryl methyl sites for hydroxylation is 1. The zero-order valence-corrected chi connectivity index (χ0v) is 18.1. The maximum absolute atomic E-state index is 13.3. The fraction of sp³-hybridized carbons (Fsp3) is 0.208. The fourth-order valence-corrected chi connectivity index (χ4v) is 5.47. The summed E-state index contributed by atoms with van der Waals surface area (Å²) in [6.45, 7) is 0.195. The number of alkyl halides is 3. The summed E-state index contributed by atoms with van der Waals surface area (Å²) in [6, 6.07) is 13.9. The zero-order chi connectivity index (χ0) is 23.8. The molecule has 3 aromatic rings. The topological polar surface area (TPSA) is 54.5 Å². The maximum Gasteiger partial charge on any atom is 0.417 e. The molecule has 9 heteroatoms. The number of benzene rings is 3. The van der Waals surface area contributed by atoms with Crippen molar-refractivity contribution in [1.82, 2.24) is 0 Å². The second-order valence-electron chi connectivity index (χ2n) is 7.74. The predicted octanol–water partition coefficient (Wildman–Crippen LogP) is 5.41. The van der Waals surface area contributed by atoms with Crippen molar-refractivity contribution in [3.8, 4) is 0 Å². The lowest BCUT2D eigenvalue weighted by Gasteiger charge is -2.31. The molecule has 1 aliphatic rings. The van der Waals surface area contributed by atoms with Crippen LogP contribution in [-0.4, -0.2) is 20.7 Å². The van der Waals surface area contributed by atoms with Gasteiger partial charge in [0.15, 0.2) is 5.78 Å². The van der Waals surface area contributed by atoms with Crippen LogP contribution in [0.4, 0.5) is 23.2 Å². The summed E-state index contributed by atoms with van der Waals surface area (Å²) in [5, 5.41) is 0. The molecule has 4 rings (SSSR count). The average molecular weight is 477 g/mol. The SMILES string of the molecule is O=C(Cc1ccc2c(c1)N(S(=O)(=O)c1ccc(F)cc1)CCC2)c1ccccc1C(F)(F)F. The quantitative estimate of drug-likeness (QED) is 0.365. The van der Waals surface area contributed by atoms with Crippen molar-refractivity contribution in [3.63, 3.8) is 0 Å². The lowest BCUT2D eigenvalue weighted by atomic mass is 9.95. The number of ketones is 1. The van der Waals surface area contributed by atoms with Crippen LogP contribution in [0.2, 0.25) is 0 Å². The second-order valence-corrected chi connectivity index (χ2v) is 9.60. The van der Waals surface area contributed by atoms with Crippen molar-refractivity contribution in [3.05, 3.63) is 94.8 Å². The molecule has 0 amide bonds. The van der Waals surface area contributed by atoms with E-state index >= 15 is 0 Å². The maximum atomic E-state index is 13.3. The van der Waals surface area contributed by atoms with E-state index in [2.05, 4.69) is 0 Å². The highest BCUT2D eigenvalue weighted by atomic mass is 32.2. The summed E-state index contributed by atoms with van der Waals surface area (Å²) in [7, 11) is -3.98. The van der Waals surface area contributed by atoms with Gasteiger partial charge in [-0.05, 0) is 60.4 Å². The molecule has 0 radical (unpaired) electrons. The van der Waals surface area contributed by atoms with Crippen molar-refractivity contribution in [1.29, 1.82) is 0 Å². The summed E-state index contributed by atoms with van der Waals surface area (Å²) in [4.78, 5) is 12.6. The Morgan fingerprint density at radius 1 is 0.970 bits per heavy atom. The van der Waals surface area contributed by atoms with E-state index in [1.807, 2.05) is 0 Å². The van der Waals surface area contributed by atoms with Crippen LogP contribution in [0, 0.1) is 5.82 Å². The van der Waals surface area contributed by atoms with Crippen LogP contribution in [0.15, 0.2) is 71.6 Å². The molecule has 0 unspecified atom stereocenters. The smallest absolute Gasteiger partial charge is 0.294 e. The van der Waals surface area contributed by atoms with E-state index in [4.69, 9.17) is 0 Å². The van der Waals surface area contributed by atoms with Crippen LogP contribution >= 0.6 is 0 Å². The number of carbonyl (C=O) groups is 1. The van der Waals surface area contributed by atoms with Gasteiger partial charge in [0.05, 0.1) is 16.1 Å². The number of halogens is 4. The lowest BCUT2D eigenvalue weighted by molar-refractivity contribution is -0.137. The van der Waals surface area contributed by atoms with Gasteiger partial charge in [0.1, 0.15) is 5.82 Å². The minimum atomic E-state index is -4.66. The van der Waals surface area contributed by atoms with E-state index in [1.165, 1.54) is 34.6 Å². The minimum absolute atomic E-state index is 0.0719. The first-order valence-electron chi connectivity index (χ1n) is 10.2. The van der Waals surface area contributed by atoms with Gasteiger partial charge in [-0.3, -0.25) is 9.10 Å². The molecule has 0 aliphatic carbocycles. The molecule has 0 N–H and O–H groups in total. The van der Waals surface area contributed by atoms with E-state index in [0.29, 0.717) is 24.1 Å². The van der Waals surface area contributed by atoms with Crippen LogP contribution in [0.1, 0.15) is 33.5 Å². The highest BCUT2D eigenvalue weighted by molar-refractivity contribution is 7.92. The first-order valence-corrected chi connectivity index (χ1v) is 11.6. The van der Waals surface area contributed by atoms with Gasteiger partial charge >= 0.3 is 6.18 Å². The Bertz CT molecular complexity index is 1300. The number of anilines is 1. The molecule has 33 heavy (non-hydrogen) atoms. The molecule has 0 spiro atoms. The molecule has 0 atom stereocenters. The summed E-state index contributed by atoms with van der Waals surface area (Å²) >= 11 is 0. The fourth-order valence-electron chi connectivity index (χ4n) is 3.93. The molecule has 0 fully saturated rings. The number of hydrogen-bond donors (Lipinski definition) is 0. The molecular weight excluding hydrogens is 458 g/mol. The van der Waals surface area contributed by atoms with Crippen molar-refractivity contribution in [2.75, 3.05) is 10.8 Å². The molecule has 0 bridgehead atoms. The van der Waals surface area contributed by atoms with Gasteiger partial charge in [-0.25, -0.2) is 12.8 Å². The van der Waals surface area contributed by atoms with E-state index < -0.39 is 38.9 Å². The molecule has 1 aliphatic heterocycles. The summed E-state index contributed by atoms with van der Waals surface area (Å²) in [5.41, 5.74) is 0.0859. The summed E-state index contributed by atoms with van der Waals surface area (Å²) in [5.74, 6) is -1.28. The number of carbonyl (C=O) groups excluding carboxylic acids is 1. The first-order chi connectivity index (χ1) is 15.6. The Kier molecular flexibility index (Phi) is 6.00. The Hall–Kier alpha value is -3.20. The second kappa shape index (κ2) is 8.62. The normalized spacial score (nSPS) is 14.1. The molecule has 0 saturated heterocycles. The van der Waals surface area contributed by atoms with Crippen molar-refractivity contribution >= 4 is 21.5 Å². The minimum Gasteiger partial charge on any atom is -0.294 e. The van der Waals surface area contributed by atoms with Crippen LogP contribution < -0.4 is 4.31 Å². The predicted molar refractivity (Wildman–Crippen MR) is 115 cm³/mol. The Morgan fingerprint density at radius 2 is 1.67 bits per heavy atom. The lowest BCUT2D eigenvalue weighted by Crippen LogP contribution is -2.35. The average Bonchev–Trinajstić information content (AvgIpc) is 2.78. The van der Waals surface area contributed by atoms with Crippen molar-refractivity contribution < 1.29 is 30.8 Å². The molecule has 4 nitrogen and oxygen atoms in total. The van der Waals surface area contributed by atoms with Gasteiger partial charge in [0.25, 0.3) is 10.0 Å². The monoisotopic (exact) mass is 477 g/mol. The number of nitrogens with zero attached hydrogens (tertiary/aromatic N) is 1. The third kappa shape index (κ3) is 4.64. The largest absolute Gasteiger partial charge is 0.417 e. The van der Waals surface area contributed by atoms with Crippen LogP contribution in [-0.2, 0) is 29.0 Å². The highest BCUT2D eigenvalue weighted by Gasteiger charge is 2.35. The van der Waals surface area contributed by atoms with Gasteiger partial charge in [0.2, 0.25) is 0 Å². The number of fused-ring (bicyclic) bond motifs is 1. The number of sulfonamides is 1. The van der Waals surface area contributed by atoms with Crippen LogP contribution in [0.3, 0.4) is 0 Å². The van der Waals surface area contributed by atoms with Crippen molar-refractivity contribution in [2.24, 2.45) is 0 Å². The Balaban J connectivity index is 1.67. The van der Waals surface area contributed by atoms with E-state index in [0.717, 1.165) is 29.8 Å². The summed E-state index contributed by atoms with van der Waals surface area (Å²) < 4.78 is 80.7. The van der Waals surface area contributed by atoms with Gasteiger partial charge < -0.3 is 0 Å². The van der Waals surface area contributed by atoms with Crippen LogP contribution in [0.5, 0.6) is 0 Å². The Labute approximate surface area is 188 Å². The van der Waals surface area contributed by atoms with Gasteiger partial charge in [-0.15, -0.1) is 0 Å². The van der Waals surface area contributed by atoms with E-state index in [9.17, 15) is 30.8 Å². The molecular formula is C24H19F4NO3S. The van der Waals surface area contributed by atoms with Gasteiger partial charge in [0, 0.05) is 18.5 Å². The summed E-state index contributed by atoms with van der Waals surface area (Å²) in [6.07, 6.45) is -3.78. The Morgan fingerprint density at radius 3 is 2.36 bits per heavy atom. The molecule has 0 aromatic heterocycles. The van der Waals surface area contributed by atoms with Gasteiger partial charge in [-0.1, -0.05) is 30.3 Å². The highest BCUT2D eigenvalue weighted by Crippen LogP contribution is 2.35. The van der Waals surface area contributed by atoms with Gasteiger partial charge in [-0.2, -0.15) is 13.2 Å². The first kappa shape index (κ1) is 23.0. The third-order valence-electron chi connectivity index (χ3n) is 5.52. The van der Waals surface area contributed by atoms with E-state index in [1.54, 1.807) is 12.1 Å². The molecule has 172 valence electrons.